The Hall–Kier alpha value is -2.52. The van der Waals surface area contributed by atoms with Gasteiger partial charge < -0.3 is 5.32 Å². The molecule has 0 aliphatic rings. The topological polar surface area (TPSA) is 45.2 Å². The molecule has 0 aliphatic heterocycles. The number of aromatic nitrogens is 1. The Morgan fingerprint density at radius 3 is 2.66 bits per heavy atom. The molecule has 3 aromatic rings. The molecule has 0 bridgehead atoms. The number of rotatable bonds is 5. The second-order valence-electron chi connectivity index (χ2n) is 5.93. The van der Waals surface area contributed by atoms with Crippen molar-refractivity contribution in [1.29, 1.82) is 0 Å². The molecular formula is C19H14BClF3N3OS. The molecule has 1 N–H and O–H groups in total. The average Bonchev–Trinajstić information content (AvgIpc) is 3.16. The van der Waals surface area contributed by atoms with Crippen LogP contribution in [-0.2, 0) is 6.18 Å². The van der Waals surface area contributed by atoms with Crippen LogP contribution in [0, 0.1) is 0 Å². The minimum atomic E-state index is -4.54. The molecule has 0 fully saturated rings. The highest BCUT2D eigenvalue weighted by Crippen LogP contribution is 2.36. The van der Waals surface area contributed by atoms with Crippen LogP contribution < -0.4 is 10.2 Å². The molecule has 10 heteroatoms. The van der Waals surface area contributed by atoms with E-state index < -0.39 is 17.8 Å². The first kappa shape index (κ1) is 21.2. The number of hydrogen-bond donors (Lipinski definition) is 1. The van der Waals surface area contributed by atoms with Gasteiger partial charge in [0.25, 0.3) is 0 Å². The Balaban J connectivity index is 2.02. The van der Waals surface area contributed by atoms with Gasteiger partial charge >= 0.3 is 12.2 Å². The zero-order valence-corrected chi connectivity index (χ0v) is 16.5. The number of nitrogens with zero attached hydrogens (tertiary/aromatic N) is 2. The van der Waals surface area contributed by atoms with Crippen molar-refractivity contribution in [3.8, 4) is 11.3 Å². The standard InChI is InChI=1S/C19H14BClF3N3OS/c20-7-8-25-17(28)27(15-6-2-4-13(10-15)19(22,23)24)18-26-16(11-29-18)12-3-1-5-14(21)9-12/h1-6,9-11H,7-8H2,(H,25,28). The number of carbonyl (C=O) groups excluding carboxylic acids is 1. The number of anilines is 2. The normalized spacial score (nSPS) is 11.3. The van der Waals surface area contributed by atoms with Crippen LogP contribution in [0.4, 0.5) is 28.8 Å². The maximum absolute atomic E-state index is 13.1. The lowest BCUT2D eigenvalue weighted by molar-refractivity contribution is -0.137. The van der Waals surface area contributed by atoms with Crippen molar-refractivity contribution in [1.82, 2.24) is 10.3 Å². The monoisotopic (exact) mass is 435 g/mol. The first-order chi connectivity index (χ1) is 13.8. The first-order valence-electron chi connectivity index (χ1n) is 8.46. The summed E-state index contributed by atoms with van der Waals surface area (Å²) in [6, 6.07) is 10.9. The number of benzene rings is 2. The molecule has 0 aliphatic carbocycles. The Morgan fingerprint density at radius 1 is 1.21 bits per heavy atom. The Bertz CT molecular complexity index is 1010. The van der Waals surface area contributed by atoms with Crippen molar-refractivity contribution in [3.05, 3.63) is 64.5 Å². The summed E-state index contributed by atoms with van der Waals surface area (Å²) in [7, 11) is 5.42. The number of halogens is 4. The van der Waals surface area contributed by atoms with Crippen LogP contribution in [0.5, 0.6) is 0 Å². The molecule has 1 aromatic heterocycles. The van der Waals surface area contributed by atoms with Crippen LogP contribution >= 0.6 is 22.9 Å². The second kappa shape index (κ2) is 8.88. The highest BCUT2D eigenvalue weighted by molar-refractivity contribution is 7.14. The lowest BCUT2D eigenvalue weighted by atomic mass is 10.1. The molecular weight excluding hydrogens is 422 g/mol. The van der Waals surface area contributed by atoms with E-state index in [2.05, 4.69) is 10.3 Å². The van der Waals surface area contributed by atoms with Crippen molar-refractivity contribution in [2.24, 2.45) is 0 Å². The summed E-state index contributed by atoms with van der Waals surface area (Å²) >= 11 is 7.14. The quantitative estimate of drug-likeness (QED) is 0.506. The van der Waals surface area contributed by atoms with Gasteiger partial charge in [-0.1, -0.05) is 36.1 Å². The number of thiazole rings is 1. The zero-order chi connectivity index (χ0) is 21.0. The van der Waals surface area contributed by atoms with E-state index in [4.69, 9.17) is 19.4 Å². The van der Waals surface area contributed by atoms with E-state index in [9.17, 15) is 18.0 Å². The van der Waals surface area contributed by atoms with Gasteiger partial charge in [0.05, 0.1) is 24.8 Å². The Labute approximate surface area is 175 Å². The Morgan fingerprint density at radius 2 is 1.97 bits per heavy atom. The highest BCUT2D eigenvalue weighted by atomic mass is 35.5. The lowest BCUT2D eigenvalue weighted by Gasteiger charge is -2.21. The van der Waals surface area contributed by atoms with Gasteiger partial charge in [-0.05, 0) is 30.3 Å². The van der Waals surface area contributed by atoms with Crippen molar-refractivity contribution in [2.75, 3.05) is 11.4 Å². The molecule has 2 radical (unpaired) electrons. The number of hydrogen-bond acceptors (Lipinski definition) is 3. The number of carbonyl (C=O) groups is 1. The number of urea groups is 1. The van der Waals surface area contributed by atoms with Crippen LogP contribution in [-0.4, -0.2) is 25.4 Å². The minimum Gasteiger partial charge on any atom is -0.338 e. The molecule has 0 spiro atoms. The summed E-state index contributed by atoms with van der Waals surface area (Å²) in [4.78, 5) is 18.2. The van der Waals surface area contributed by atoms with Crippen LogP contribution in [0.1, 0.15) is 5.56 Å². The third kappa shape index (κ3) is 5.10. The fourth-order valence-corrected chi connectivity index (χ4v) is 3.58. The van der Waals surface area contributed by atoms with Crippen molar-refractivity contribution >= 4 is 47.6 Å². The molecule has 3 rings (SSSR count). The van der Waals surface area contributed by atoms with Gasteiger partial charge in [-0.25, -0.2) is 14.7 Å². The van der Waals surface area contributed by atoms with Crippen molar-refractivity contribution in [2.45, 2.75) is 12.5 Å². The summed E-state index contributed by atoms with van der Waals surface area (Å²) in [5.74, 6) is 0. The van der Waals surface area contributed by atoms with E-state index in [0.29, 0.717) is 10.7 Å². The molecule has 0 saturated heterocycles. The van der Waals surface area contributed by atoms with Crippen LogP contribution in [0.25, 0.3) is 11.3 Å². The maximum Gasteiger partial charge on any atom is 0.416 e. The van der Waals surface area contributed by atoms with Crippen molar-refractivity contribution in [3.63, 3.8) is 0 Å². The van der Waals surface area contributed by atoms with Crippen LogP contribution in [0.2, 0.25) is 11.3 Å². The van der Waals surface area contributed by atoms with Gasteiger partial charge in [0.15, 0.2) is 5.13 Å². The molecule has 0 saturated carbocycles. The third-order valence-electron chi connectivity index (χ3n) is 3.86. The van der Waals surface area contributed by atoms with Gasteiger partial charge in [-0.3, -0.25) is 0 Å². The van der Waals surface area contributed by atoms with Crippen LogP contribution in [0.15, 0.2) is 53.9 Å². The second-order valence-corrected chi connectivity index (χ2v) is 7.20. The molecule has 4 nitrogen and oxygen atoms in total. The van der Waals surface area contributed by atoms with Crippen LogP contribution in [0.3, 0.4) is 0 Å². The Kier molecular flexibility index (Phi) is 6.49. The van der Waals surface area contributed by atoms with Gasteiger partial charge in [-0.2, -0.15) is 13.2 Å². The number of amides is 2. The predicted molar refractivity (Wildman–Crippen MR) is 110 cm³/mol. The SMILES string of the molecule is [B]CCNC(=O)N(c1cccc(C(F)(F)F)c1)c1nc(-c2cccc(Cl)c2)cs1. The van der Waals surface area contributed by atoms with Gasteiger partial charge in [-0.15, -0.1) is 11.3 Å². The lowest BCUT2D eigenvalue weighted by Crippen LogP contribution is -2.37. The molecule has 0 unspecified atom stereocenters. The van der Waals surface area contributed by atoms with E-state index >= 15 is 0 Å². The smallest absolute Gasteiger partial charge is 0.338 e. The number of alkyl halides is 3. The fourth-order valence-electron chi connectivity index (χ4n) is 2.54. The molecule has 2 aromatic carbocycles. The third-order valence-corrected chi connectivity index (χ3v) is 4.92. The van der Waals surface area contributed by atoms with Gasteiger partial charge in [0, 0.05) is 22.5 Å². The summed E-state index contributed by atoms with van der Waals surface area (Å²) in [6.07, 6.45) is -4.35. The molecule has 1 heterocycles. The van der Waals surface area contributed by atoms with E-state index in [1.807, 2.05) is 0 Å². The average molecular weight is 436 g/mol. The summed E-state index contributed by atoms with van der Waals surface area (Å²) in [6.45, 7) is 0.167. The zero-order valence-electron chi connectivity index (χ0n) is 14.9. The summed E-state index contributed by atoms with van der Waals surface area (Å²) < 4.78 is 39.4. The largest absolute Gasteiger partial charge is 0.416 e. The molecule has 148 valence electrons. The molecule has 29 heavy (non-hydrogen) atoms. The van der Waals surface area contributed by atoms with Gasteiger partial charge in [0.2, 0.25) is 0 Å². The van der Waals surface area contributed by atoms with E-state index in [-0.39, 0.29) is 23.7 Å². The molecule has 0 atom stereocenters. The number of nitrogens with one attached hydrogen (secondary N) is 1. The summed E-state index contributed by atoms with van der Waals surface area (Å²) in [5, 5.41) is 5.02. The molecule has 2 amide bonds. The highest BCUT2D eigenvalue weighted by Gasteiger charge is 2.32. The van der Waals surface area contributed by atoms with E-state index in [1.165, 1.54) is 12.1 Å². The van der Waals surface area contributed by atoms with Crippen molar-refractivity contribution < 1.29 is 18.0 Å². The summed E-state index contributed by atoms with van der Waals surface area (Å²) in [5.41, 5.74) is 0.460. The van der Waals surface area contributed by atoms with E-state index in [0.717, 1.165) is 33.9 Å². The first-order valence-corrected chi connectivity index (χ1v) is 9.72. The van der Waals surface area contributed by atoms with E-state index in [1.54, 1.807) is 29.6 Å². The minimum absolute atomic E-state index is 0.0429. The van der Waals surface area contributed by atoms with Gasteiger partial charge in [0.1, 0.15) is 0 Å². The maximum atomic E-state index is 13.1. The fraction of sp³-hybridized carbons (Fsp3) is 0.158. The predicted octanol–water partition coefficient (Wildman–Crippen LogP) is 5.92.